The minimum atomic E-state index is -0.610. The summed E-state index contributed by atoms with van der Waals surface area (Å²) in [5, 5.41) is 9.14. The maximum atomic E-state index is 9.14. The number of benzene rings is 1. The highest BCUT2D eigenvalue weighted by molar-refractivity contribution is 5.39. The van der Waals surface area contributed by atoms with Gasteiger partial charge in [-0.25, -0.2) is 0 Å². The molecular formula is C11H15NO2. The molecule has 0 spiro atoms. The lowest BCUT2D eigenvalue weighted by Crippen LogP contribution is -2.53. The highest BCUT2D eigenvalue weighted by atomic mass is 16.5. The molecule has 1 aliphatic rings. The van der Waals surface area contributed by atoms with Gasteiger partial charge in [-0.15, -0.1) is 0 Å². The smallest absolute Gasteiger partial charge is 0.122 e. The van der Waals surface area contributed by atoms with Crippen LogP contribution in [0.2, 0.25) is 0 Å². The van der Waals surface area contributed by atoms with Gasteiger partial charge >= 0.3 is 0 Å². The first-order chi connectivity index (χ1) is 6.63. The van der Waals surface area contributed by atoms with Gasteiger partial charge in [-0.3, -0.25) is 0 Å². The largest absolute Gasteiger partial charge is 0.491 e. The number of aryl methyl sites for hydroxylation is 1. The van der Waals surface area contributed by atoms with Crippen LogP contribution in [0.5, 0.6) is 5.75 Å². The minimum Gasteiger partial charge on any atom is -0.491 e. The van der Waals surface area contributed by atoms with E-state index < -0.39 is 5.54 Å². The third kappa shape index (κ3) is 1.61. The van der Waals surface area contributed by atoms with Crippen molar-refractivity contribution in [2.45, 2.75) is 18.9 Å². The van der Waals surface area contributed by atoms with Crippen LogP contribution in [0.3, 0.4) is 0 Å². The number of hydrogen-bond donors (Lipinski definition) is 2. The van der Waals surface area contributed by atoms with E-state index >= 15 is 0 Å². The summed E-state index contributed by atoms with van der Waals surface area (Å²) < 4.78 is 5.50. The van der Waals surface area contributed by atoms with Crippen molar-refractivity contribution in [3.8, 4) is 5.75 Å². The van der Waals surface area contributed by atoms with Gasteiger partial charge in [0.1, 0.15) is 12.4 Å². The molecule has 1 aromatic carbocycles. The molecule has 0 amide bonds. The van der Waals surface area contributed by atoms with E-state index in [0.29, 0.717) is 13.0 Å². The molecule has 0 radical (unpaired) electrons. The molecule has 0 fully saturated rings. The maximum Gasteiger partial charge on any atom is 0.122 e. The number of rotatable bonds is 1. The van der Waals surface area contributed by atoms with Gasteiger partial charge < -0.3 is 15.6 Å². The summed E-state index contributed by atoms with van der Waals surface area (Å²) in [6, 6.07) is 6.04. The fourth-order valence-electron chi connectivity index (χ4n) is 1.74. The first-order valence-corrected chi connectivity index (χ1v) is 4.75. The second kappa shape index (κ2) is 3.26. The van der Waals surface area contributed by atoms with Crippen LogP contribution in [-0.2, 0) is 6.42 Å². The van der Waals surface area contributed by atoms with Crippen LogP contribution < -0.4 is 10.5 Å². The fourth-order valence-corrected chi connectivity index (χ4v) is 1.74. The normalized spacial score (nSPS) is 25.4. The Morgan fingerprint density at radius 3 is 3.07 bits per heavy atom. The summed E-state index contributed by atoms with van der Waals surface area (Å²) in [5.41, 5.74) is 7.62. The molecule has 1 atom stereocenters. The molecule has 3 nitrogen and oxygen atoms in total. The molecule has 0 bridgehead atoms. The predicted molar refractivity (Wildman–Crippen MR) is 54.4 cm³/mol. The summed E-state index contributed by atoms with van der Waals surface area (Å²) in [6.45, 7) is 2.38. The second-order valence-corrected chi connectivity index (χ2v) is 4.10. The summed E-state index contributed by atoms with van der Waals surface area (Å²) >= 11 is 0. The number of ether oxygens (including phenoxy) is 1. The van der Waals surface area contributed by atoms with E-state index in [4.69, 9.17) is 15.6 Å². The Bertz CT molecular complexity index is 351. The average molecular weight is 193 g/mol. The number of aliphatic hydroxyl groups excluding tert-OH is 1. The fraction of sp³-hybridized carbons (Fsp3) is 0.455. The Kier molecular flexibility index (Phi) is 2.21. The number of nitrogens with two attached hydrogens (primary N) is 1. The Labute approximate surface area is 83.5 Å². The molecule has 0 aromatic heterocycles. The molecule has 3 N–H and O–H groups in total. The van der Waals surface area contributed by atoms with Gasteiger partial charge in [-0.2, -0.15) is 0 Å². The van der Waals surface area contributed by atoms with Gasteiger partial charge in [0.05, 0.1) is 12.1 Å². The van der Waals surface area contributed by atoms with Crippen LogP contribution in [0.1, 0.15) is 11.1 Å². The topological polar surface area (TPSA) is 55.5 Å². The third-order valence-corrected chi connectivity index (χ3v) is 2.59. The van der Waals surface area contributed by atoms with Crippen molar-refractivity contribution in [3.63, 3.8) is 0 Å². The Hall–Kier alpha value is -1.06. The summed E-state index contributed by atoms with van der Waals surface area (Å²) in [5.74, 6) is 0.894. The molecule has 0 saturated heterocycles. The molecule has 0 aliphatic carbocycles. The van der Waals surface area contributed by atoms with Gasteiger partial charge in [0.25, 0.3) is 0 Å². The van der Waals surface area contributed by atoms with Gasteiger partial charge in [0.2, 0.25) is 0 Å². The molecule has 1 aromatic rings. The molecule has 76 valence electrons. The number of fused-ring (bicyclic) bond motifs is 1. The third-order valence-electron chi connectivity index (χ3n) is 2.59. The van der Waals surface area contributed by atoms with E-state index in [1.54, 1.807) is 0 Å². The van der Waals surface area contributed by atoms with E-state index in [0.717, 1.165) is 11.3 Å². The molecule has 14 heavy (non-hydrogen) atoms. The van der Waals surface area contributed by atoms with E-state index in [2.05, 4.69) is 6.07 Å². The van der Waals surface area contributed by atoms with Gasteiger partial charge in [-0.1, -0.05) is 17.7 Å². The van der Waals surface area contributed by atoms with Crippen LogP contribution >= 0.6 is 0 Å². The summed E-state index contributed by atoms with van der Waals surface area (Å²) in [7, 11) is 0. The van der Waals surface area contributed by atoms with E-state index in [1.165, 1.54) is 5.56 Å². The van der Waals surface area contributed by atoms with Crippen LogP contribution in [0, 0.1) is 6.92 Å². The van der Waals surface area contributed by atoms with Crippen molar-refractivity contribution in [3.05, 3.63) is 29.3 Å². The van der Waals surface area contributed by atoms with Gasteiger partial charge in [0, 0.05) is 0 Å². The second-order valence-electron chi connectivity index (χ2n) is 4.10. The van der Waals surface area contributed by atoms with Crippen molar-refractivity contribution < 1.29 is 9.84 Å². The lowest BCUT2D eigenvalue weighted by atomic mass is 9.90. The predicted octanol–water partition coefficient (Wildman–Crippen LogP) is 0.620. The van der Waals surface area contributed by atoms with Crippen LogP contribution in [0.15, 0.2) is 18.2 Å². The van der Waals surface area contributed by atoms with Crippen molar-refractivity contribution in [1.82, 2.24) is 0 Å². The van der Waals surface area contributed by atoms with E-state index in [9.17, 15) is 0 Å². The summed E-state index contributed by atoms with van der Waals surface area (Å²) in [6.07, 6.45) is 0.681. The molecule has 3 heteroatoms. The van der Waals surface area contributed by atoms with Crippen molar-refractivity contribution in [2.75, 3.05) is 13.2 Å². The highest BCUT2D eigenvalue weighted by Gasteiger charge is 2.31. The standard InChI is InChI=1S/C11H15NO2/c1-8-2-3-10-9(4-8)5-11(12,6-13)7-14-10/h2-4,13H,5-7,12H2,1H3. The zero-order valence-corrected chi connectivity index (χ0v) is 8.29. The number of aliphatic hydroxyl groups is 1. The van der Waals surface area contributed by atoms with Gasteiger partial charge in [-0.05, 0) is 25.0 Å². The monoisotopic (exact) mass is 193 g/mol. The molecule has 2 rings (SSSR count). The lowest BCUT2D eigenvalue weighted by Gasteiger charge is -2.33. The number of hydrogen-bond acceptors (Lipinski definition) is 3. The van der Waals surface area contributed by atoms with E-state index in [-0.39, 0.29) is 6.61 Å². The highest BCUT2D eigenvalue weighted by Crippen LogP contribution is 2.28. The van der Waals surface area contributed by atoms with Crippen molar-refractivity contribution in [1.29, 1.82) is 0 Å². The lowest BCUT2D eigenvalue weighted by molar-refractivity contribution is 0.118. The Balaban J connectivity index is 2.33. The van der Waals surface area contributed by atoms with Crippen molar-refractivity contribution in [2.24, 2.45) is 5.73 Å². The average Bonchev–Trinajstić information content (AvgIpc) is 2.17. The Morgan fingerprint density at radius 1 is 1.57 bits per heavy atom. The summed E-state index contributed by atoms with van der Waals surface area (Å²) in [4.78, 5) is 0. The quantitative estimate of drug-likeness (QED) is 0.687. The Morgan fingerprint density at radius 2 is 2.36 bits per heavy atom. The first kappa shape index (κ1) is 9.49. The van der Waals surface area contributed by atoms with Crippen LogP contribution in [0.4, 0.5) is 0 Å². The van der Waals surface area contributed by atoms with Gasteiger partial charge in [0.15, 0.2) is 0 Å². The zero-order valence-electron chi connectivity index (χ0n) is 8.29. The molecular weight excluding hydrogens is 178 g/mol. The van der Waals surface area contributed by atoms with E-state index in [1.807, 2.05) is 19.1 Å². The maximum absolute atomic E-state index is 9.14. The zero-order chi connectivity index (χ0) is 10.2. The molecule has 1 unspecified atom stereocenters. The molecule has 1 heterocycles. The minimum absolute atomic E-state index is 0.0413. The molecule has 0 saturated carbocycles. The van der Waals surface area contributed by atoms with Crippen LogP contribution in [-0.4, -0.2) is 23.9 Å². The molecule has 1 aliphatic heterocycles. The SMILES string of the molecule is Cc1ccc2c(c1)CC(N)(CO)CO2. The van der Waals surface area contributed by atoms with Crippen molar-refractivity contribution >= 4 is 0 Å². The first-order valence-electron chi connectivity index (χ1n) is 4.75. The van der Waals surface area contributed by atoms with Crippen LogP contribution in [0.25, 0.3) is 0 Å².